The third-order valence-electron chi connectivity index (χ3n) is 6.39. The van der Waals surface area contributed by atoms with Gasteiger partial charge in [-0.2, -0.15) is 0 Å². The molecule has 0 aliphatic heterocycles. The number of likely N-dealkylation sites (N-methyl/N-ethyl adjacent to an activating group) is 1. The van der Waals surface area contributed by atoms with E-state index >= 15 is 0 Å². The van der Waals surface area contributed by atoms with Gasteiger partial charge in [-0.05, 0) is 53.8 Å². The van der Waals surface area contributed by atoms with E-state index in [-0.39, 0.29) is 24.8 Å². The zero-order chi connectivity index (χ0) is 28.6. The normalized spacial score (nSPS) is 12.2. The molecule has 0 spiro atoms. The molecule has 0 aliphatic carbocycles. The van der Waals surface area contributed by atoms with Gasteiger partial charge in [-0.1, -0.05) is 84.4 Å². The lowest BCUT2D eigenvalue weighted by molar-refractivity contribution is -0.140. The van der Waals surface area contributed by atoms with Gasteiger partial charge in [0.1, 0.15) is 12.6 Å². The van der Waals surface area contributed by atoms with E-state index in [9.17, 15) is 18.0 Å². The summed E-state index contributed by atoms with van der Waals surface area (Å²) in [6, 6.07) is 23.3. The van der Waals surface area contributed by atoms with E-state index in [1.54, 1.807) is 12.1 Å². The van der Waals surface area contributed by atoms with Gasteiger partial charge < -0.3 is 10.2 Å². The first kappa shape index (κ1) is 30.4. The number of amides is 2. The van der Waals surface area contributed by atoms with E-state index in [0.29, 0.717) is 12.2 Å². The number of rotatable bonds is 12. The lowest BCUT2D eigenvalue weighted by Crippen LogP contribution is -2.53. The number of anilines is 1. The molecule has 208 valence electrons. The smallest absolute Gasteiger partial charge is 0.244 e. The Morgan fingerprint density at radius 1 is 0.923 bits per heavy atom. The van der Waals surface area contributed by atoms with Crippen molar-refractivity contribution in [1.29, 1.82) is 0 Å². The van der Waals surface area contributed by atoms with Gasteiger partial charge in [-0.25, -0.2) is 8.42 Å². The fraction of sp³-hybridized carbons (Fsp3) is 0.333. The maximum atomic E-state index is 14.0. The van der Waals surface area contributed by atoms with Crippen molar-refractivity contribution in [2.45, 2.75) is 45.7 Å². The predicted molar refractivity (Wildman–Crippen MR) is 160 cm³/mol. The molecule has 0 radical (unpaired) electrons. The number of halogens is 1. The minimum Gasteiger partial charge on any atom is -0.355 e. The third kappa shape index (κ3) is 8.66. The predicted octanol–water partition coefficient (Wildman–Crippen LogP) is 5.11. The van der Waals surface area contributed by atoms with E-state index in [1.807, 2.05) is 73.7 Å². The summed E-state index contributed by atoms with van der Waals surface area (Å²) >= 11 is 3.48. The molecule has 2 amide bonds. The van der Waals surface area contributed by atoms with Gasteiger partial charge in [0.25, 0.3) is 0 Å². The Labute approximate surface area is 240 Å². The van der Waals surface area contributed by atoms with Gasteiger partial charge in [0.2, 0.25) is 21.8 Å². The van der Waals surface area contributed by atoms with Crippen LogP contribution in [0.25, 0.3) is 0 Å². The Morgan fingerprint density at radius 2 is 1.56 bits per heavy atom. The van der Waals surface area contributed by atoms with Crippen molar-refractivity contribution >= 4 is 43.5 Å². The highest BCUT2D eigenvalue weighted by molar-refractivity contribution is 9.10. The molecule has 7 nitrogen and oxygen atoms in total. The molecule has 0 heterocycles. The molecule has 3 aromatic carbocycles. The zero-order valence-corrected chi connectivity index (χ0v) is 25.2. The molecule has 39 heavy (non-hydrogen) atoms. The third-order valence-corrected chi connectivity index (χ3v) is 8.02. The topological polar surface area (TPSA) is 86.8 Å². The van der Waals surface area contributed by atoms with Crippen LogP contribution in [0.1, 0.15) is 43.4 Å². The SMILES string of the molecule is CCNC(=O)[C@H](Cc1ccccc1)N(Cc1cccc(Br)c1)C(=O)CN(c1ccc(C(C)C)cc1)S(C)(=O)=O. The summed E-state index contributed by atoms with van der Waals surface area (Å²) in [7, 11) is -3.80. The number of hydrogen-bond donors (Lipinski definition) is 1. The second-order valence-corrected chi connectivity index (χ2v) is 12.6. The van der Waals surface area contributed by atoms with Crippen LogP contribution >= 0.6 is 15.9 Å². The highest BCUT2D eigenvalue weighted by Gasteiger charge is 2.32. The van der Waals surface area contributed by atoms with Crippen molar-refractivity contribution < 1.29 is 18.0 Å². The van der Waals surface area contributed by atoms with Crippen LogP contribution in [0, 0.1) is 0 Å². The molecule has 1 N–H and O–H groups in total. The Kier molecular flexibility index (Phi) is 10.7. The summed E-state index contributed by atoms with van der Waals surface area (Å²) < 4.78 is 27.7. The standard InChI is InChI=1S/C30H36BrN3O4S/c1-5-32-30(36)28(19-23-10-7-6-8-11-23)33(20-24-12-9-13-26(31)18-24)29(35)21-34(39(4,37)38)27-16-14-25(15-17-27)22(2)3/h6-18,22,28H,5,19-21H2,1-4H3,(H,32,36)/t28-/m0/s1. The number of carbonyl (C=O) groups is 2. The summed E-state index contributed by atoms with van der Waals surface area (Å²) in [5.74, 6) is -0.485. The van der Waals surface area contributed by atoms with Crippen LogP contribution in [0.3, 0.4) is 0 Å². The van der Waals surface area contributed by atoms with E-state index in [1.165, 1.54) is 4.90 Å². The molecule has 0 fully saturated rings. The summed E-state index contributed by atoms with van der Waals surface area (Å²) in [5.41, 5.74) is 3.17. The first-order valence-electron chi connectivity index (χ1n) is 12.9. The van der Waals surface area contributed by atoms with Crippen LogP contribution < -0.4 is 9.62 Å². The molecule has 0 bridgehead atoms. The van der Waals surface area contributed by atoms with Crippen LogP contribution in [0.4, 0.5) is 5.69 Å². The van der Waals surface area contributed by atoms with Crippen LogP contribution in [0.2, 0.25) is 0 Å². The number of benzene rings is 3. The first-order chi connectivity index (χ1) is 18.5. The van der Waals surface area contributed by atoms with Crippen LogP contribution in [-0.2, 0) is 32.6 Å². The van der Waals surface area contributed by atoms with E-state index < -0.39 is 28.5 Å². The maximum absolute atomic E-state index is 14.0. The van der Waals surface area contributed by atoms with Gasteiger partial charge in [0, 0.05) is 24.0 Å². The van der Waals surface area contributed by atoms with Crippen molar-refractivity contribution in [3.63, 3.8) is 0 Å². The zero-order valence-electron chi connectivity index (χ0n) is 22.8. The molecule has 0 aliphatic rings. The number of nitrogens with one attached hydrogen (secondary N) is 1. The Morgan fingerprint density at radius 3 is 2.13 bits per heavy atom. The molecule has 1 atom stereocenters. The van der Waals surface area contributed by atoms with Gasteiger partial charge in [0.15, 0.2) is 0 Å². The first-order valence-corrected chi connectivity index (χ1v) is 15.6. The maximum Gasteiger partial charge on any atom is 0.244 e. The molecular weight excluding hydrogens is 578 g/mol. The monoisotopic (exact) mass is 613 g/mol. The van der Waals surface area contributed by atoms with E-state index in [4.69, 9.17) is 0 Å². The number of hydrogen-bond acceptors (Lipinski definition) is 4. The highest BCUT2D eigenvalue weighted by Crippen LogP contribution is 2.24. The fourth-order valence-electron chi connectivity index (χ4n) is 4.32. The minimum atomic E-state index is -3.80. The average Bonchev–Trinajstić information content (AvgIpc) is 2.89. The van der Waals surface area contributed by atoms with Crippen LogP contribution in [0.15, 0.2) is 83.3 Å². The molecular formula is C30H36BrN3O4S. The van der Waals surface area contributed by atoms with Gasteiger partial charge in [-0.15, -0.1) is 0 Å². The Bertz CT molecular complexity index is 1360. The van der Waals surface area contributed by atoms with Crippen molar-refractivity contribution in [2.24, 2.45) is 0 Å². The number of nitrogens with zero attached hydrogens (tertiary/aromatic N) is 2. The molecule has 0 aromatic heterocycles. The number of sulfonamides is 1. The van der Waals surface area contributed by atoms with Crippen molar-refractivity contribution in [3.05, 3.63) is 100 Å². The molecule has 9 heteroatoms. The van der Waals surface area contributed by atoms with Gasteiger partial charge in [0.05, 0.1) is 11.9 Å². The summed E-state index contributed by atoms with van der Waals surface area (Å²) in [5, 5.41) is 2.86. The summed E-state index contributed by atoms with van der Waals surface area (Å²) in [6.07, 6.45) is 1.37. The lowest BCUT2D eigenvalue weighted by Gasteiger charge is -2.33. The summed E-state index contributed by atoms with van der Waals surface area (Å²) in [6.45, 7) is 6.04. The van der Waals surface area contributed by atoms with Crippen molar-refractivity contribution in [3.8, 4) is 0 Å². The quantitative estimate of drug-likeness (QED) is 0.307. The molecule has 0 saturated carbocycles. The van der Waals surface area contributed by atoms with Gasteiger partial charge in [-0.3, -0.25) is 13.9 Å². The molecule has 0 unspecified atom stereocenters. The van der Waals surface area contributed by atoms with Crippen LogP contribution in [-0.4, -0.2) is 50.5 Å². The minimum absolute atomic E-state index is 0.136. The Balaban J connectivity index is 2.03. The molecule has 3 aromatic rings. The van der Waals surface area contributed by atoms with Crippen LogP contribution in [0.5, 0.6) is 0 Å². The lowest BCUT2D eigenvalue weighted by atomic mass is 10.0. The fourth-order valence-corrected chi connectivity index (χ4v) is 5.61. The number of carbonyl (C=O) groups excluding carboxylic acids is 2. The Hall–Kier alpha value is -3.17. The second-order valence-electron chi connectivity index (χ2n) is 9.77. The highest BCUT2D eigenvalue weighted by atomic mass is 79.9. The van der Waals surface area contributed by atoms with Crippen molar-refractivity contribution in [1.82, 2.24) is 10.2 Å². The van der Waals surface area contributed by atoms with E-state index in [0.717, 1.165) is 31.7 Å². The molecule has 3 rings (SSSR count). The van der Waals surface area contributed by atoms with Crippen molar-refractivity contribution in [2.75, 3.05) is 23.7 Å². The largest absolute Gasteiger partial charge is 0.355 e. The second kappa shape index (κ2) is 13.8. The summed E-state index contributed by atoms with van der Waals surface area (Å²) in [4.78, 5) is 28.9. The average molecular weight is 615 g/mol. The van der Waals surface area contributed by atoms with E-state index in [2.05, 4.69) is 35.1 Å². The van der Waals surface area contributed by atoms with Gasteiger partial charge >= 0.3 is 0 Å². The molecule has 0 saturated heterocycles.